The molecule has 3 amide bonds. The van der Waals surface area contributed by atoms with E-state index in [2.05, 4.69) is 124 Å². The van der Waals surface area contributed by atoms with Crippen LogP contribution in [0.15, 0.2) is 12.2 Å². The average Bonchev–Trinajstić information content (AvgIpc) is 1.81. The zero-order valence-corrected chi connectivity index (χ0v) is 81.0. The van der Waals surface area contributed by atoms with Gasteiger partial charge in [0, 0.05) is 110 Å². The van der Waals surface area contributed by atoms with Crippen LogP contribution in [0.3, 0.4) is 0 Å². The predicted molar refractivity (Wildman–Crippen MR) is 507 cm³/mol. The van der Waals surface area contributed by atoms with Gasteiger partial charge in [-0.25, -0.2) is 14.4 Å². The van der Waals surface area contributed by atoms with Gasteiger partial charge < -0.3 is 61.8 Å². The minimum absolute atomic E-state index is 0. The number of hydrogen-bond acceptors (Lipinski definition) is 19. The maximum Gasteiger partial charge on any atom is 0.407 e. The van der Waals surface area contributed by atoms with Gasteiger partial charge in [0.1, 0.15) is 31.5 Å². The highest BCUT2D eigenvalue weighted by Crippen LogP contribution is 2.27. The lowest BCUT2D eigenvalue weighted by atomic mass is 10.0. The van der Waals surface area contributed by atoms with Crippen LogP contribution in [-0.2, 0) is 60.2 Å². The van der Waals surface area contributed by atoms with E-state index in [0.717, 1.165) is 134 Å². The van der Waals surface area contributed by atoms with Crippen LogP contribution in [-0.4, -0.2) is 212 Å². The highest BCUT2D eigenvalue weighted by molar-refractivity contribution is 6.86. The van der Waals surface area contributed by atoms with Crippen molar-refractivity contribution in [3.8, 4) is 0 Å². The van der Waals surface area contributed by atoms with Crippen molar-refractivity contribution in [3.05, 3.63) is 12.2 Å². The van der Waals surface area contributed by atoms with E-state index in [0.29, 0.717) is 76.8 Å². The molecule has 0 radical (unpaired) electrons. The van der Waals surface area contributed by atoms with Gasteiger partial charge in [0.2, 0.25) is 0 Å². The molecule has 0 aromatic heterocycles. The van der Waals surface area contributed by atoms with E-state index >= 15 is 0 Å². The van der Waals surface area contributed by atoms with Crippen molar-refractivity contribution in [1.82, 2.24) is 30.7 Å². The standard InChI is InChI=1S/C46H86N2O6.C27H52N2O4.C19H44N2O6Si3.3CH4/c1-5-7-9-11-12-13-14-15-16-17-18-19-23-26-30-34-44(49)52-40-42(4)53-45(50)35-31-27-24-21-20-22-25-29-33-43(32-28-10-8-6-2)54-46(51)47-37-36-41(3)48-38-39-48;1-4-6-7-14-17-25(33-27(31)28-21-20-24(3)29-22-23-29)18-15-12-10-8-9-11-13-16-19-26(30)32-5-2;1-18(21-12-13-21)10-11-20-19(22)25-16-15-24-14-9-17-30(8,26-28(3,4)5)27-29(6,7)23-2;;;/h13-14,41-43H,5-12,15-40H2,1-4H3,(H,47,51);24-25H,4-23H2,1-3H3,(H,28,31);18H,9-17H2,1-8H3,(H,20,22);3*1H4/b14-13+;;;;;. The lowest BCUT2D eigenvalue weighted by molar-refractivity contribution is -0.158. The Hall–Kier alpha value is -3.67. The largest absolute Gasteiger partial charge is 0.466 e. The molecule has 3 aliphatic heterocycles. The molecule has 3 N–H and O–H groups in total. The number of carbonyl (C=O) groups excluding carboxylic acids is 6. The number of hydrogen-bond donors (Lipinski definition) is 3. The number of unbranched alkanes of at least 4 members (excludes halogenated alkanes) is 31. The molecular weight excluding hydrogens is 1570 g/mol. The van der Waals surface area contributed by atoms with Crippen LogP contribution in [0, 0.1) is 0 Å². The summed E-state index contributed by atoms with van der Waals surface area (Å²) < 4.78 is 56.7. The van der Waals surface area contributed by atoms with Crippen LogP contribution < -0.4 is 16.0 Å². The molecule has 3 fully saturated rings. The fourth-order valence-electron chi connectivity index (χ4n) is 14.5. The van der Waals surface area contributed by atoms with E-state index in [4.69, 9.17) is 45.8 Å². The Morgan fingerprint density at radius 2 is 0.708 bits per heavy atom. The van der Waals surface area contributed by atoms with Crippen molar-refractivity contribution in [2.75, 3.05) is 99.0 Å². The molecule has 712 valence electrons. The van der Waals surface area contributed by atoms with Gasteiger partial charge in [0.15, 0.2) is 8.32 Å². The second-order valence-electron chi connectivity index (χ2n) is 35.3. The smallest absolute Gasteiger partial charge is 0.407 e. The Morgan fingerprint density at radius 3 is 1.07 bits per heavy atom. The van der Waals surface area contributed by atoms with Gasteiger partial charge in [-0.3, -0.25) is 29.1 Å². The quantitative estimate of drug-likeness (QED) is 0.0128. The van der Waals surface area contributed by atoms with Gasteiger partial charge in [-0.2, -0.15) is 0 Å². The summed E-state index contributed by atoms with van der Waals surface area (Å²) in [6, 6.07) is 2.46. The summed E-state index contributed by atoms with van der Waals surface area (Å²) in [5.74, 6) is -0.466. The van der Waals surface area contributed by atoms with E-state index in [1.54, 1.807) is 14.0 Å². The molecular formula is C95H194N6O16Si3. The zero-order chi connectivity index (χ0) is 86.3. The minimum atomic E-state index is -2.34. The highest BCUT2D eigenvalue weighted by Gasteiger charge is 2.42. The molecule has 22 nitrogen and oxygen atoms in total. The average molecular weight is 1760 g/mol. The Kier molecular flexibility index (Phi) is 80.2. The molecule has 120 heavy (non-hydrogen) atoms. The van der Waals surface area contributed by atoms with Gasteiger partial charge in [0.05, 0.1) is 13.2 Å². The van der Waals surface area contributed by atoms with Crippen molar-refractivity contribution in [2.24, 2.45) is 0 Å². The number of ether oxygens (including phenoxy) is 7. The van der Waals surface area contributed by atoms with E-state index in [1.165, 1.54) is 200 Å². The summed E-state index contributed by atoms with van der Waals surface area (Å²) in [4.78, 5) is 79.3. The van der Waals surface area contributed by atoms with Crippen LogP contribution in [0.2, 0.25) is 45.3 Å². The van der Waals surface area contributed by atoms with Crippen molar-refractivity contribution in [1.29, 1.82) is 0 Å². The minimum Gasteiger partial charge on any atom is -0.466 e. The van der Waals surface area contributed by atoms with E-state index in [1.807, 2.05) is 6.92 Å². The number of nitrogens with zero attached hydrogens (tertiary/aromatic N) is 3. The van der Waals surface area contributed by atoms with Gasteiger partial charge in [0.25, 0.3) is 0 Å². The molecule has 0 aromatic carbocycles. The Labute approximate surface area is 741 Å². The van der Waals surface area contributed by atoms with Crippen molar-refractivity contribution in [3.63, 3.8) is 0 Å². The topological polar surface area (TPSA) is 240 Å². The maximum atomic E-state index is 12.4. The number of carbonyl (C=O) groups is 6. The van der Waals surface area contributed by atoms with E-state index < -0.39 is 31.5 Å². The highest BCUT2D eigenvalue weighted by atomic mass is 28.5. The molecule has 3 aliphatic rings. The number of allylic oxidation sites excluding steroid dienone is 2. The van der Waals surface area contributed by atoms with Crippen molar-refractivity contribution in [2.45, 2.75) is 468 Å². The first-order chi connectivity index (χ1) is 56.3. The molecule has 25 heteroatoms. The first-order valence-electron chi connectivity index (χ1n) is 48.0. The van der Waals surface area contributed by atoms with Gasteiger partial charge >= 0.3 is 53.3 Å². The number of rotatable bonds is 77. The second-order valence-corrected chi connectivity index (χ2v) is 47.2. The Balaban J connectivity index is -0.00000179. The summed E-state index contributed by atoms with van der Waals surface area (Å²) in [6.45, 7) is 40.7. The molecule has 0 saturated carbocycles. The first kappa shape index (κ1) is 120. The number of esters is 3. The molecule has 0 spiro atoms. The predicted octanol–water partition coefficient (Wildman–Crippen LogP) is 24.6. The van der Waals surface area contributed by atoms with Gasteiger partial charge in [-0.1, -0.05) is 222 Å². The normalized spacial score (nSPS) is 15.2. The monoisotopic (exact) mass is 1760 g/mol. The molecule has 7 atom stereocenters. The summed E-state index contributed by atoms with van der Waals surface area (Å²) in [7, 11) is -4.53. The molecule has 0 aromatic rings. The zero-order valence-electron chi connectivity index (χ0n) is 78.0. The second kappa shape index (κ2) is 79.9. The van der Waals surface area contributed by atoms with E-state index in [-0.39, 0.29) is 83.9 Å². The lowest BCUT2D eigenvalue weighted by Crippen LogP contribution is -2.54. The van der Waals surface area contributed by atoms with Gasteiger partial charge in [-0.05, 0) is 202 Å². The van der Waals surface area contributed by atoms with Crippen LogP contribution in [0.5, 0.6) is 0 Å². The summed E-state index contributed by atoms with van der Waals surface area (Å²) in [6.07, 6.45) is 56.2. The van der Waals surface area contributed by atoms with Crippen LogP contribution in [0.4, 0.5) is 14.4 Å². The van der Waals surface area contributed by atoms with Crippen molar-refractivity contribution >= 4 is 61.6 Å². The third kappa shape index (κ3) is 79.0. The van der Waals surface area contributed by atoms with Crippen molar-refractivity contribution < 1.29 is 74.6 Å². The Morgan fingerprint density at radius 1 is 0.367 bits per heavy atom. The fourth-order valence-corrected chi connectivity index (χ4v) is 26.3. The van der Waals surface area contributed by atoms with E-state index in [9.17, 15) is 28.8 Å². The third-order valence-electron chi connectivity index (χ3n) is 22.0. The summed E-state index contributed by atoms with van der Waals surface area (Å²) in [5.41, 5.74) is 0. The molecule has 3 rings (SSSR count). The summed E-state index contributed by atoms with van der Waals surface area (Å²) >= 11 is 0. The first-order valence-corrected chi connectivity index (χ1v) is 56.7. The SMILES string of the molecule is C.C.C.CCCCCC/C=C/CCCCCCCCCC(=O)OCC(C)OC(=O)CCCCCCCCCCC(CCCCCC)OC(=O)NCCC(C)N1CC1.CCCCCCC(CCCCCCCCCCC(=O)OCC)OC(=O)NCCC(C)N1CC1.CO[Si](C)(C)O[Si](C)(CCCOCCOC(=O)NCCC(C)N1CC1)O[Si](C)(C)C. The molecule has 0 bridgehead atoms. The van der Waals surface area contributed by atoms with Gasteiger partial charge in [-0.15, -0.1) is 0 Å². The molecule has 0 aliphatic carbocycles. The van der Waals surface area contributed by atoms with Crippen LogP contribution >= 0.6 is 0 Å². The Bertz CT molecular complexity index is 2450. The molecule has 7 unspecified atom stereocenters. The number of amides is 3. The molecule has 3 heterocycles. The third-order valence-corrected chi connectivity index (χ3v) is 32.2. The van der Waals surface area contributed by atoms with Crippen LogP contribution in [0.25, 0.3) is 0 Å². The lowest BCUT2D eigenvalue weighted by Gasteiger charge is -2.38. The molecule has 3 saturated heterocycles. The number of alkyl carbamates (subject to hydrolysis) is 3. The number of nitrogens with one attached hydrogen (secondary N) is 3. The maximum absolute atomic E-state index is 12.4. The fraction of sp³-hybridized carbons (Fsp3) is 0.916. The van der Waals surface area contributed by atoms with Crippen LogP contribution in [0.1, 0.15) is 386 Å². The summed E-state index contributed by atoms with van der Waals surface area (Å²) in [5, 5.41) is 8.73.